The lowest BCUT2D eigenvalue weighted by molar-refractivity contribution is -0.167. The Labute approximate surface area is 493 Å². The van der Waals surface area contributed by atoms with E-state index >= 15 is 0 Å². The Bertz CT molecular complexity index is 1750. The molecule has 0 aromatic rings. The van der Waals surface area contributed by atoms with Crippen LogP contribution in [-0.4, -0.2) is 37.2 Å². The molecule has 6 heteroatoms. The maximum atomic E-state index is 12.9. The van der Waals surface area contributed by atoms with Crippen LogP contribution in [0.1, 0.15) is 284 Å². The van der Waals surface area contributed by atoms with E-state index in [1.807, 2.05) is 0 Å². The average molecular weight is 1110 g/mol. The first-order chi connectivity index (χ1) is 39.5. The van der Waals surface area contributed by atoms with Crippen molar-refractivity contribution in [3.8, 4) is 0 Å². The SMILES string of the molecule is CC/C=C\C/C=C\C/C=C\C/C=C\C/C=C\C/C=C\C/C=C\CCCCCCCCCCCCCC(=O)OCC(COC(=O)CCCCCCCCCCCC)OC(=O)CCCCC/C=C\C/C=C\C/C=C\C/C=C\C/C=C\CC. The molecule has 0 aromatic heterocycles. The zero-order valence-corrected chi connectivity index (χ0v) is 51.8. The van der Waals surface area contributed by atoms with Gasteiger partial charge in [0.1, 0.15) is 13.2 Å². The van der Waals surface area contributed by atoms with Crippen molar-refractivity contribution in [1.82, 2.24) is 0 Å². The lowest BCUT2D eigenvalue weighted by Gasteiger charge is -2.18. The van der Waals surface area contributed by atoms with Gasteiger partial charge >= 0.3 is 17.9 Å². The zero-order chi connectivity index (χ0) is 57.8. The smallest absolute Gasteiger partial charge is 0.306 e. The van der Waals surface area contributed by atoms with E-state index in [0.717, 1.165) is 141 Å². The Balaban J connectivity index is 4.25. The van der Waals surface area contributed by atoms with Crippen LogP contribution in [0.4, 0.5) is 0 Å². The van der Waals surface area contributed by atoms with Crippen LogP contribution in [0.25, 0.3) is 0 Å². The third kappa shape index (κ3) is 64.1. The van der Waals surface area contributed by atoms with Gasteiger partial charge in [0.2, 0.25) is 0 Å². The van der Waals surface area contributed by atoms with Crippen molar-refractivity contribution in [2.45, 2.75) is 290 Å². The standard InChI is InChI=1S/C74H120O6/c1-4-7-10-13-16-19-22-24-26-28-30-31-32-33-34-35-36-37-38-39-40-41-42-43-45-46-48-50-52-55-58-61-64-67-73(76)79-70-71(69-78-72(75)66-63-60-57-54-21-18-15-12-9-6-3)80-74(77)68-65-62-59-56-53-51-49-47-44-29-27-25-23-20-17-14-11-8-5-2/h7-8,10-11,16-17,19-20,24-27,30-31,33-34,36-37,39-40,44,47,51,53,71H,4-6,9,12-15,18,21-23,28-29,32,35,38,41-43,45-46,48-50,52,54-70H2,1-3H3/b10-7-,11-8-,19-16-,20-17-,26-24-,27-25-,31-30-,34-33-,37-36-,40-39-,47-44-,53-51-. The van der Waals surface area contributed by atoms with Gasteiger partial charge in [0.25, 0.3) is 0 Å². The van der Waals surface area contributed by atoms with Crippen LogP contribution in [0, 0.1) is 0 Å². The lowest BCUT2D eigenvalue weighted by Crippen LogP contribution is -2.30. The van der Waals surface area contributed by atoms with E-state index in [9.17, 15) is 14.4 Å². The minimum Gasteiger partial charge on any atom is -0.462 e. The topological polar surface area (TPSA) is 78.9 Å². The highest BCUT2D eigenvalue weighted by atomic mass is 16.6. The zero-order valence-electron chi connectivity index (χ0n) is 51.8. The summed E-state index contributed by atoms with van der Waals surface area (Å²) in [5.41, 5.74) is 0. The highest BCUT2D eigenvalue weighted by Crippen LogP contribution is 2.15. The van der Waals surface area contributed by atoms with Gasteiger partial charge in [0.05, 0.1) is 0 Å². The Hall–Kier alpha value is -4.71. The maximum Gasteiger partial charge on any atom is 0.306 e. The van der Waals surface area contributed by atoms with Crippen molar-refractivity contribution in [2.75, 3.05) is 13.2 Å². The van der Waals surface area contributed by atoms with Gasteiger partial charge in [-0.1, -0.05) is 289 Å². The second-order valence-corrected chi connectivity index (χ2v) is 21.3. The monoisotopic (exact) mass is 1100 g/mol. The van der Waals surface area contributed by atoms with Crippen molar-refractivity contribution < 1.29 is 28.6 Å². The molecular formula is C74H120O6. The molecule has 0 amide bonds. The molecule has 0 saturated heterocycles. The summed E-state index contributed by atoms with van der Waals surface area (Å²) in [6, 6.07) is 0. The molecule has 0 aliphatic carbocycles. The van der Waals surface area contributed by atoms with E-state index in [1.54, 1.807) is 0 Å². The molecular weight excluding hydrogens is 985 g/mol. The summed E-state index contributed by atoms with van der Waals surface area (Å²) < 4.78 is 16.9. The molecule has 0 aliphatic rings. The fourth-order valence-corrected chi connectivity index (χ4v) is 8.74. The molecule has 0 spiro atoms. The van der Waals surface area contributed by atoms with Crippen LogP contribution in [0.5, 0.6) is 0 Å². The number of carbonyl (C=O) groups excluding carboxylic acids is 3. The minimum absolute atomic E-state index is 0.0939. The molecule has 0 aliphatic heterocycles. The van der Waals surface area contributed by atoms with Crippen LogP contribution in [0.3, 0.4) is 0 Å². The van der Waals surface area contributed by atoms with Crippen molar-refractivity contribution >= 4 is 17.9 Å². The van der Waals surface area contributed by atoms with Gasteiger partial charge in [-0.15, -0.1) is 0 Å². The maximum absolute atomic E-state index is 12.9. The van der Waals surface area contributed by atoms with Crippen molar-refractivity contribution in [3.63, 3.8) is 0 Å². The lowest BCUT2D eigenvalue weighted by atomic mass is 10.0. The van der Waals surface area contributed by atoms with Crippen molar-refractivity contribution in [2.24, 2.45) is 0 Å². The summed E-state index contributed by atoms with van der Waals surface area (Å²) in [6.45, 7) is 6.37. The Morgan fingerprint density at radius 1 is 0.263 bits per heavy atom. The van der Waals surface area contributed by atoms with E-state index in [-0.39, 0.29) is 37.5 Å². The first-order valence-corrected chi connectivity index (χ1v) is 32.8. The van der Waals surface area contributed by atoms with E-state index < -0.39 is 6.10 Å². The van der Waals surface area contributed by atoms with Crippen LogP contribution in [0.2, 0.25) is 0 Å². The van der Waals surface area contributed by atoms with Crippen molar-refractivity contribution in [1.29, 1.82) is 0 Å². The second kappa shape index (κ2) is 66.8. The second-order valence-electron chi connectivity index (χ2n) is 21.3. The van der Waals surface area contributed by atoms with Gasteiger partial charge in [0, 0.05) is 19.3 Å². The molecule has 80 heavy (non-hydrogen) atoms. The van der Waals surface area contributed by atoms with Crippen LogP contribution >= 0.6 is 0 Å². The van der Waals surface area contributed by atoms with E-state index in [2.05, 4.69) is 167 Å². The van der Waals surface area contributed by atoms with E-state index in [4.69, 9.17) is 14.2 Å². The molecule has 0 rings (SSSR count). The predicted octanol–water partition coefficient (Wildman–Crippen LogP) is 22.7. The van der Waals surface area contributed by atoms with Gasteiger partial charge in [-0.2, -0.15) is 0 Å². The fourth-order valence-electron chi connectivity index (χ4n) is 8.74. The number of unbranched alkanes of at least 4 members (excludes halogenated alkanes) is 23. The number of hydrogen-bond donors (Lipinski definition) is 0. The predicted molar refractivity (Wildman–Crippen MR) is 348 cm³/mol. The highest BCUT2D eigenvalue weighted by Gasteiger charge is 2.19. The third-order valence-corrected chi connectivity index (χ3v) is 13.6. The molecule has 0 aromatic carbocycles. The minimum atomic E-state index is -0.800. The molecule has 1 atom stereocenters. The number of carbonyl (C=O) groups is 3. The van der Waals surface area contributed by atoms with Crippen LogP contribution in [0.15, 0.2) is 146 Å². The summed E-state index contributed by atoms with van der Waals surface area (Å²) in [5.74, 6) is -0.930. The molecule has 0 heterocycles. The van der Waals surface area contributed by atoms with Gasteiger partial charge in [-0.25, -0.2) is 0 Å². The number of esters is 3. The molecule has 0 N–H and O–H groups in total. The molecule has 0 saturated carbocycles. The third-order valence-electron chi connectivity index (χ3n) is 13.6. The van der Waals surface area contributed by atoms with E-state index in [0.29, 0.717) is 12.8 Å². The normalized spacial score (nSPS) is 13.1. The molecule has 0 radical (unpaired) electrons. The summed E-state index contributed by atoms with van der Waals surface area (Å²) >= 11 is 0. The van der Waals surface area contributed by atoms with Gasteiger partial charge in [-0.3, -0.25) is 14.4 Å². The van der Waals surface area contributed by atoms with Gasteiger partial charge in [-0.05, 0) is 122 Å². The Morgan fingerprint density at radius 3 is 0.775 bits per heavy atom. The molecule has 0 fully saturated rings. The number of allylic oxidation sites excluding steroid dienone is 24. The van der Waals surface area contributed by atoms with Crippen molar-refractivity contribution in [3.05, 3.63) is 146 Å². The van der Waals surface area contributed by atoms with Crippen LogP contribution < -0.4 is 0 Å². The number of hydrogen-bond acceptors (Lipinski definition) is 6. The first-order valence-electron chi connectivity index (χ1n) is 32.8. The summed E-state index contributed by atoms with van der Waals surface area (Å²) in [5, 5.41) is 0. The average Bonchev–Trinajstić information content (AvgIpc) is 3.46. The van der Waals surface area contributed by atoms with Crippen LogP contribution in [-0.2, 0) is 28.6 Å². The molecule has 452 valence electrons. The summed E-state index contributed by atoms with van der Waals surface area (Å²) in [7, 11) is 0. The number of ether oxygens (including phenoxy) is 3. The molecule has 1 unspecified atom stereocenters. The molecule has 0 bridgehead atoms. The van der Waals surface area contributed by atoms with Gasteiger partial charge in [0.15, 0.2) is 6.10 Å². The van der Waals surface area contributed by atoms with E-state index in [1.165, 1.54) is 103 Å². The largest absolute Gasteiger partial charge is 0.462 e. The summed E-state index contributed by atoms with van der Waals surface area (Å²) in [6.07, 6.45) is 95.8. The quantitative estimate of drug-likeness (QED) is 0.0261. The Kier molecular flexibility index (Phi) is 62.9. The number of rotatable bonds is 58. The summed E-state index contributed by atoms with van der Waals surface area (Å²) in [4.78, 5) is 38.2. The Morgan fingerprint density at radius 2 is 0.487 bits per heavy atom. The first kappa shape index (κ1) is 75.3. The fraction of sp³-hybridized carbons (Fsp3) is 0.635. The highest BCUT2D eigenvalue weighted by molar-refractivity contribution is 5.71. The molecule has 6 nitrogen and oxygen atoms in total. The van der Waals surface area contributed by atoms with Gasteiger partial charge < -0.3 is 14.2 Å².